The van der Waals surface area contributed by atoms with Crippen molar-refractivity contribution in [1.29, 1.82) is 0 Å². The highest BCUT2D eigenvalue weighted by molar-refractivity contribution is 7.10. The maximum atomic E-state index is 14.2. The molecule has 0 radical (unpaired) electrons. The van der Waals surface area contributed by atoms with Crippen LogP contribution < -0.4 is 21.3 Å². The minimum absolute atomic E-state index is 0.105. The van der Waals surface area contributed by atoms with Crippen LogP contribution in [-0.2, 0) is 33.5 Å². The normalized spacial score (nSPS) is 22.3. The van der Waals surface area contributed by atoms with Crippen molar-refractivity contribution >= 4 is 52.6 Å². The number of unbranched alkanes of at least 4 members (excludes halogenated alkanes) is 1. The molecule has 2 aliphatic rings. The summed E-state index contributed by atoms with van der Waals surface area (Å²) in [6.45, 7) is 16.2. The third-order valence-corrected chi connectivity index (χ3v) is 10.8. The van der Waals surface area contributed by atoms with Gasteiger partial charge >= 0.3 is 6.09 Å². The van der Waals surface area contributed by atoms with E-state index in [0.29, 0.717) is 24.1 Å². The van der Waals surface area contributed by atoms with Gasteiger partial charge in [-0.05, 0) is 67.7 Å². The van der Waals surface area contributed by atoms with E-state index in [1.807, 2.05) is 27.7 Å². The number of amides is 5. The average molecular weight is 732 g/mol. The van der Waals surface area contributed by atoms with Crippen LogP contribution in [0.25, 0.3) is 0 Å². The smallest absolute Gasteiger partial charge is 0.408 e. The summed E-state index contributed by atoms with van der Waals surface area (Å²) < 4.78 is 5.44. The lowest BCUT2D eigenvalue weighted by Crippen LogP contribution is -2.55. The number of carbonyl (C=O) groups excluding carboxylic acids is 7. The number of ketones is 2. The molecule has 3 rings (SSSR count). The number of hydrogen-bond donors (Lipinski definition) is 4. The molecule has 2 saturated carbocycles. The molecule has 1 aromatic heterocycles. The second-order valence-corrected chi connectivity index (χ2v) is 17.6. The Morgan fingerprint density at radius 2 is 1.65 bits per heavy atom. The van der Waals surface area contributed by atoms with E-state index in [1.54, 1.807) is 52.4 Å². The Bertz CT molecular complexity index is 1480. The van der Waals surface area contributed by atoms with Gasteiger partial charge in [-0.1, -0.05) is 60.5 Å². The fourth-order valence-corrected chi connectivity index (χ4v) is 7.91. The van der Waals surface area contributed by atoms with Crippen LogP contribution >= 0.6 is 11.3 Å². The second-order valence-electron chi connectivity index (χ2n) is 16.7. The number of likely N-dealkylation sites (N-methyl/N-ethyl adjacent to an activating group) is 1. The maximum absolute atomic E-state index is 14.2. The summed E-state index contributed by atoms with van der Waals surface area (Å²) in [4.78, 5) is 95.2. The van der Waals surface area contributed by atoms with E-state index in [-0.39, 0.29) is 35.4 Å². The summed E-state index contributed by atoms with van der Waals surface area (Å²) in [5.41, 5.74) is -1.66. The highest BCUT2D eigenvalue weighted by Crippen LogP contribution is 2.71. The number of ether oxygens (including phenoxy) is 1. The number of Topliss-reactive ketones (excluding diaryl/α,β-unsaturated/α-hetero) is 2. The quantitative estimate of drug-likeness (QED) is 0.197. The van der Waals surface area contributed by atoms with E-state index in [2.05, 4.69) is 35.1 Å². The molecule has 1 heterocycles. The zero-order valence-corrected chi connectivity index (χ0v) is 32.7. The Balaban J connectivity index is 1.75. The molecule has 14 heteroatoms. The highest BCUT2D eigenvalue weighted by atomic mass is 32.1. The number of nitrogens with zero attached hydrogens (tertiary/aromatic N) is 1. The van der Waals surface area contributed by atoms with E-state index in [1.165, 1.54) is 16.2 Å². The lowest BCUT2D eigenvalue weighted by Gasteiger charge is -2.35. The molecule has 2 aliphatic carbocycles. The summed E-state index contributed by atoms with van der Waals surface area (Å²) in [5, 5.41) is 12.3. The van der Waals surface area contributed by atoms with Gasteiger partial charge in [0.1, 0.15) is 11.6 Å². The Hall–Kier alpha value is -3.81. The molecule has 5 unspecified atom stereocenters. The van der Waals surface area contributed by atoms with Crippen molar-refractivity contribution in [3.05, 3.63) is 22.4 Å². The van der Waals surface area contributed by atoms with Crippen LogP contribution in [0.1, 0.15) is 98.9 Å². The first kappa shape index (κ1) is 41.6. The summed E-state index contributed by atoms with van der Waals surface area (Å²) >= 11 is 1.30. The summed E-state index contributed by atoms with van der Waals surface area (Å²) in [6, 6.07) is 0.408. The molecule has 0 bridgehead atoms. The summed E-state index contributed by atoms with van der Waals surface area (Å²) in [5.74, 6) is -5.22. The van der Waals surface area contributed by atoms with Crippen LogP contribution in [0.3, 0.4) is 0 Å². The fraction of sp³-hybridized carbons (Fsp3) is 0.703. The third kappa shape index (κ3) is 10.4. The minimum Gasteiger partial charge on any atom is -0.444 e. The highest BCUT2D eigenvalue weighted by Gasteiger charge is 2.70. The molecule has 284 valence electrons. The molecule has 51 heavy (non-hydrogen) atoms. The molecule has 5 amide bonds. The predicted octanol–water partition coefficient (Wildman–Crippen LogP) is 3.77. The van der Waals surface area contributed by atoms with E-state index in [4.69, 9.17) is 4.74 Å². The summed E-state index contributed by atoms with van der Waals surface area (Å²) in [7, 11) is 3.14. The second kappa shape index (κ2) is 16.2. The zero-order chi connectivity index (χ0) is 38.6. The molecular weight excluding hydrogens is 675 g/mol. The number of carbonyl (C=O) groups is 7. The monoisotopic (exact) mass is 731 g/mol. The SMILES string of the molecule is CCCCC(NC(=O)C1C(C(=O)[C@@H](NC(=O)OC(C)(C)C)C(C)(C)C)CC2C1C2(C)C)C(=O)C(=O)NCC(=O)N[C@H](C(=O)N(C)C)c1cccs1. The van der Waals surface area contributed by atoms with Crippen LogP contribution in [0.2, 0.25) is 0 Å². The molecule has 4 N–H and O–H groups in total. The first-order valence-corrected chi connectivity index (χ1v) is 18.6. The van der Waals surface area contributed by atoms with E-state index in [9.17, 15) is 33.6 Å². The van der Waals surface area contributed by atoms with Gasteiger partial charge in [0.05, 0.1) is 24.5 Å². The Morgan fingerprint density at radius 3 is 2.18 bits per heavy atom. The van der Waals surface area contributed by atoms with Crippen molar-refractivity contribution in [2.45, 2.75) is 112 Å². The van der Waals surface area contributed by atoms with Crippen LogP contribution in [0.4, 0.5) is 4.79 Å². The van der Waals surface area contributed by atoms with Gasteiger partial charge < -0.3 is 30.9 Å². The number of hydrogen-bond acceptors (Lipinski definition) is 9. The topological polar surface area (TPSA) is 180 Å². The average Bonchev–Trinajstić information content (AvgIpc) is 3.46. The zero-order valence-electron chi connectivity index (χ0n) is 31.9. The van der Waals surface area contributed by atoms with Crippen molar-refractivity contribution in [3.8, 4) is 0 Å². The molecule has 0 aromatic carbocycles. The van der Waals surface area contributed by atoms with Crippen LogP contribution in [0.5, 0.6) is 0 Å². The number of thiophene rings is 1. The largest absolute Gasteiger partial charge is 0.444 e. The number of fused-ring (bicyclic) bond motifs is 1. The van der Waals surface area contributed by atoms with Gasteiger partial charge in [-0.15, -0.1) is 11.3 Å². The number of alkyl carbamates (subject to hydrolysis) is 1. The van der Waals surface area contributed by atoms with Crippen LogP contribution in [0, 0.1) is 34.5 Å². The Kier molecular flexibility index (Phi) is 13.3. The van der Waals surface area contributed by atoms with E-state index < -0.39 is 77.1 Å². The van der Waals surface area contributed by atoms with Crippen LogP contribution in [-0.4, -0.2) is 84.5 Å². The fourth-order valence-electron chi connectivity index (χ4n) is 7.14. The van der Waals surface area contributed by atoms with Crippen molar-refractivity contribution in [2.24, 2.45) is 34.5 Å². The standard InChI is InChI=1S/C37H57N5O8S/c1-12-13-15-22(29(45)32(47)38-19-24(43)40-27(33(48)42(10)11)23-16-14-17-51-23)39-31(46)25-20(18-21-26(25)37(21,8)9)28(44)30(35(2,3)4)41-34(49)50-36(5,6)7/h14,16-17,20-22,25-27,30H,12-13,15,18-19H2,1-11H3,(H,38,47)(H,39,46)(H,40,43)(H,41,49)/t20?,21?,22?,25?,26?,27-,30+/m0/s1. The number of nitrogens with one attached hydrogen (secondary N) is 4. The van der Waals surface area contributed by atoms with Crippen LogP contribution in [0.15, 0.2) is 17.5 Å². The third-order valence-electron chi connectivity index (χ3n) is 9.88. The predicted molar refractivity (Wildman–Crippen MR) is 193 cm³/mol. The first-order chi connectivity index (χ1) is 23.5. The van der Waals surface area contributed by atoms with E-state index in [0.717, 1.165) is 0 Å². The molecule has 1 aromatic rings. The summed E-state index contributed by atoms with van der Waals surface area (Å²) in [6.07, 6.45) is 1.15. The van der Waals surface area contributed by atoms with Gasteiger partial charge in [-0.2, -0.15) is 0 Å². The molecule has 0 aliphatic heterocycles. The molecule has 7 atom stereocenters. The molecule has 2 fully saturated rings. The lowest BCUT2D eigenvalue weighted by atomic mass is 9.74. The molecular formula is C37H57N5O8S. The Morgan fingerprint density at radius 1 is 1.00 bits per heavy atom. The first-order valence-electron chi connectivity index (χ1n) is 17.7. The molecule has 13 nitrogen and oxygen atoms in total. The van der Waals surface area contributed by atoms with Gasteiger partial charge in [-0.25, -0.2) is 4.79 Å². The van der Waals surface area contributed by atoms with Gasteiger partial charge in [0, 0.05) is 24.9 Å². The minimum atomic E-state index is -1.18. The van der Waals surface area contributed by atoms with Gasteiger partial charge in [0.2, 0.25) is 23.5 Å². The van der Waals surface area contributed by atoms with Crippen molar-refractivity contribution in [2.75, 3.05) is 20.6 Å². The van der Waals surface area contributed by atoms with Gasteiger partial charge in [0.25, 0.3) is 5.91 Å². The molecule has 0 saturated heterocycles. The van der Waals surface area contributed by atoms with Gasteiger partial charge in [-0.3, -0.25) is 28.8 Å². The Labute approximate surface area is 305 Å². The molecule has 0 spiro atoms. The maximum Gasteiger partial charge on any atom is 0.408 e. The van der Waals surface area contributed by atoms with Crippen molar-refractivity contribution in [3.63, 3.8) is 0 Å². The number of rotatable bonds is 15. The van der Waals surface area contributed by atoms with Crippen molar-refractivity contribution in [1.82, 2.24) is 26.2 Å². The lowest BCUT2D eigenvalue weighted by molar-refractivity contribution is -0.142. The van der Waals surface area contributed by atoms with Gasteiger partial charge in [0.15, 0.2) is 5.78 Å². The van der Waals surface area contributed by atoms with Crippen molar-refractivity contribution < 1.29 is 38.3 Å². The van der Waals surface area contributed by atoms with E-state index >= 15 is 0 Å².